The lowest BCUT2D eigenvalue weighted by Gasteiger charge is -2.14. The van der Waals surface area contributed by atoms with Gasteiger partial charge < -0.3 is 5.32 Å². The smallest absolute Gasteiger partial charge is 0.226 e. The number of nitrogens with one attached hydrogen (secondary N) is 1. The van der Waals surface area contributed by atoms with Gasteiger partial charge in [-0.15, -0.1) is 11.3 Å². The van der Waals surface area contributed by atoms with Gasteiger partial charge in [0.05, 0.1) is 18.2 Å². The molecule has 0 saturated heterocycles. The van der Waals surface area contributed by atoms with Gasteiger partial charge in [0.15, 0.2) is 0 Å². The molecular weight excluding hydrogens is 348 g/mol. The number of halogens is 1. The Balaban J connectivity index is 1.60. The van der Waals surface area contributed by atoms with E-state index in [9.17, 15) is 4.79 Å². The van der Waals surface area contributed by atoms with E-state index < -0.39 is 0 Å². The fourth-order valence-corrected chi connectivity index (χ4v) is 3.86. The Morgan fingerprint density at radius 1 is 1.26 bits per heavy atom. The molecule has 23 heavy (non-hydrogen) atoms. The van der Waals surface area contributed by atoms with Gasteiger partial charge >= 0.3 is 0 Å². The number of rotatable bonds is 5. The molecular formula is C17H15ClN2OS2. The average molecular weight is 363 g/mol. The molecule has 2 heterocycles. The predicted molar refractivity (Wildman–Crippen MR) is 97.1 cm³/mol. The number of thiazole rings is 1. The van der Waals surface area contributed by atoms with Crippen molar-refractivity contribution in [2.75, 3.05) is 0 Å². The van der Waals surface area contributed by atoms with Crippen LogP contribution in [-0.4, -0.2) is 10.9 Å². The number of amides is 1. The Kier molecular flexibility index (Phi) is 5.10. The molecule has 1 N–H and O–H groups in total. The third-order valence-electron chi connectivity index (χ3n) is 3.41. The zero-order valence-electron chi connectivity index (χ0n) is 12.5. The van der Waals surface area contributed by atoms with Crippen molar-refractivity contribution in [3.05, 3.63) is 62.8 Å². The van der Waals surface area contributed by atoms with Crippen LogP contribution < -0.4 is 5.32 Å². The molecule has 0 aliphatic heterocycles. The van der Waals surface area contributed by atoms with Crippen molar-refractivity contribution in [3.63, 3.8) is 0 Å². The van der Waals surface area contributed by atoms with Crippen LogP contribution in [0.1, 0.15) is 24.2 Å². The maximum Gasteiger partial charge on any atom is 0.226 e. The minimum absolute atomic E-state index is 0.0328. The van der Waals surface area contributed by atoms with Crippen LogP contribution >= 0.6 is 34.3 Å². The maximum atomic E-state index is 12.2. The van der Waals surface area contributed by atoms with Crippen molar-refractivity contribution in [2.45, 2.75) is 19.4 Å². The van der Waals surface area contributed by atoms with Crippen LogP contribution in [0.15, 0.2) is 46.5 Å². The van der Waals surface area contributed by atoms with Crippen molar-refractivity contribution in [2.24, 2.45) is 0 Å². The SMILES string of the molecule is CC(NC(=O)Cc1csc(-c2ccsc2)n1)c1ccc(Cl)cc1. The zero-order valence-corrected chi connectivity index (χ0v) is 14.8. The lowest BCUT2D eigenvalue weighted by molar-refractivity contribution is -0.121. The van der Waals surface area contributed by atoms with E-state index in [1.165, 1.54) is 0 Å². The molecule has 0 saturated carbocycles. The quantitative estimate of drug-likeness (QED) is 0.698. The molecule has 0 bridgehead atoms. The molecule has 1 unspecified atom stereocenters. The van der Waals surface area contributed by atoms with E-state index in [2.05, 4.69) is 15.7 Å². The second kappa shape index (κ2) is 7.25. The topological polar surface area (TPSA) is 42.0 Å². The number of thiophene rings is 1. The summed E-state index contributed by atoms with van der Waals surface area (Å²) in [5, 5.41) is 10.7. The van der Waals surface area contributed by atoms with Gasteiger partial charge in [-0.1, -0.05) is 23.7 Å². The Hall–Kier alpha value is -1.69. The normalized spacial score (nSPS) is 12.1. The highest BCUT2D eigenvalue weighted by atomic mass is 35.5. The van der Waals surface area contributed by atoms with Crippen molar-refractivity contribution >= 4 is 40.2 Å². The van der Waals surface area contributed by atoms with Crippen molar-refractivity contribution < 1.29 is 4.79 Å². The number of benzene rings is 1. The van der Waals surface area contributed by atoms with Crippen LogP contribution in [-0.2, 0) is 11.2 Å². The summed E-state index contributed by atoms with van der Waals surface area (Å²) in [6, 6.07) is 9.47. The standard InChI is InChI=1S/C17H15ClN2OS2/c1-11(12-2-4-14(18)5-3-12)19-16(21)8-15-10-23-17(20-15)13-6-7-22-9-13/h2-7,9-11H,8H2,1H3,(H,19,21). The number of hydrogen-bond donors (Lipinski definition) is 1. The van der Waals surface area contributed by atoms with Gasteiger partial charge in [-0.2, -0.15) is 11.3 Å². The van der Waals surface area contributed by atoms with Crippen molar-refractivity contribution in [3.8, 4) is 10.6 Å². The second-order valence-electron chi connectivity index (χ2n) is 5.17. The number of hydrogen-bond acceptors (Lipinski definition) is 4. The van der Waals surface area contributed by atoms with Crippen LogP contribution in [0, 0.1) is 0 Å². The van der Waals surface area contributed by atoms with E-state index in [0.717, 1.165) is 21.8 Å². The van der Waals surface area contributed by atoms with Gasteiger partial charge in [-0.3, -0.25) is 4.79 Å². The Morgan fingerprint density at radius 2 is 2.04 bits per heavy atom. The van der Waals surface area contributed by atoms with E-state index in [-0.39, 0.29) is 11.9 Å². The number of nitrogens with zero attached hydrogens (tertiary/aromatic N) is 1. The lowest BCUT2D eigenvalue weighted by Crippen LogP contribution is -2.28. The van der Waals surface area contributed by atoms with Crippen LogP contribution in [0.4, 0.5) is 0 Å². The van der Waals surface area contributed by atoms with E-state index in [1.54, 1.807) is 22.7 Å². The summed E-state index contributed by atoms with van der Waals surface area (Å²) in [7, 11) is 0. The van der Waals surface area contributed by atoms with Crippen LogP contribution in [0.3, 0.4) is 0 Å². The maximum absolute atomic E-state index is 12.2. The van der Waals surface area contributed by atoms with Gasteiger partial charge in [0.25, 0.3) is 0 Å². The minimum Gasteiger partial charge on any atom is -0.349 e. The summed E-state index contributed by atoms with van der Waals surface area (Å²) in [6.07, 6.45) is 0.290. The minimum atomic E-state index is -0.0604. The molecule has 0 radical (unpaired) electrons. The molecule has 1 atom stereocenters. The number of carbonyl (C=O) groups excluding carboxylic acids is 1. The molecule has 1 amide bonds. The summed E-state index contributed by atoms with van der Waals surface area (Å²) in [6.45, 7) is 1.96. The highest BCUT2D eigenvalue weighted by molar-refractivity contribution is 7.14. The van der Waals surface area contributed by atoms with Gasteiger partial charge in [-0.05, 0) is 36.1 Å². The lowest BCUT2D eigenvalue weighted by atomic mass is 10.1. The Morgan fingerprint density at radius 3 is 2.74 bits per heavy atom. The van der Waals surface area contributed by atoms with Crippen LogP contribution in [0.2, 0.25) is 5.02 Å². The van der Waals surface area contributed by atoms with Crippen molar-refractivity contribution in [1.82, 2.24) is 10.3 Å². The second-order valence-corrected chi connectivity index (χ2v) is 7.25. The highest BCUT2D eigenvalue weighted by Gasteiger charge is 2.12. The summed E-state index contributed by atoms with van der Waals surface area (Å²) in [5.74, 6) is -0.0328. The molecule has 3 nitrogen and oxygen atoms in total. The summed E-state index contributed by atoms with van der Waals surface area (Å²) in [5.41, 5.74) is 2.94. The van der Waals surface area contributed by atoms with Gasteiger partial charge in [0.2, 0.25) is 5.91 Å². The van der Waals surface area contributed by atoms with Gasteiger partial charge in [0.1, 0.15) is 5.01 Å². The molecule has 0 aliphatic rings. The molecule has 3 rings (SSSR count). The molecule has 3 aromatic rings. The summed E-state index contributed by atoms with van der Waals surface area (Å²) in [4.78, 5) is 16.7. The fraction of sp³-hybridized carbons (Fsp3) is 0.176. The summed E-state index contributed by atoms with van der Waals surface area (Å²) < 4.78 is 0. The average Bonchev–Trinajstić information content (AvgIpc) is 3.18. The largest absolute Gasteiger partial charge is 0.349 e. The Bertz CT molecular complexity index is 781. The monoisotopic (exact) mass is 362 g/mol. The molecule has 118 valence electrons. The first-order valence-electron chi connectivity index (χ1n) is 7.13. The van der Waals surface area contributed by atoms with E-state index in [4.69, 9.17) is 11.6 Å². The van der Waals surface area contributed by atoms with Crippen molar-refractivity contribution in [1.29, 1.82) is 0 Å². The third kappa shape index (κ3) is 4.19. The molecule has 2 aromatic heterocycles. The molecule has 0 aliphatic carbocycles. The molecule has 0 spiro atoms. The van der Waals surface area contributed by atoms with Gasteiger partial charge in [0, 0.05) is 21.3 Å². The van der Waals surface area contributed by atoms with Crippen LogP contribution in [0.5, 0.6) is 0 Å². The molecule has 6 heteroatoms. The Labute approximate surface area is 148 Å². The first kappa shape index (κ1) is 16.2. The fourth-order valence-electron chi connectivity index (χ4n) is 2.20. The summed E-state index contributed by atoms with van der Waals surface area (Å²) >= 11 is 9.09. The molecule has 1 aromatic carbocycles. The van der Waals surface area contributed by atoms with E-state index in [0.29, 0.717) is 11.4 Å². The highest BCUT2D eigenvalue weighted by Crippen LogP contribution is 2.26. The number of aromatic nitrogens is 1. The number of carbonyl (C=O) groups is 1. The zero-order chi connectivity index (χ0) is 16.2. The first-order chi connectivity index (χ1) is 11.1. The predicted octanol–water partition coefficient (Wildman–Crippen LogP) is 4.94. The first-order valence-corrected chi connectivity index (χ1v) is 9.33. The van der Waals surface area contributed by atoms with E-state index >= 15 is 0 Å². The third-order valence-corrected chi connectivity index (χ3v) is 5.28. The van der Waals surface area contributed by atoms with Crippen LogP contribution in [0.25, 0.3) is 10.6 Å². The molecule has 0 fully saturated rings. The van der Waals surface area contributed by atoms with Gasteiger partial charge in [-0.25, -0.2) is 4.98 Å². The van der Waals surface area contributed by atoms with E-state index in [1.807, 2.05) is 48.0 Å².